The molecule has 0 bridgehead atoms. The summed E-state index contributed by atoms with van der Waals surface area (Å²) in [5, 5.41) is 0. The number of rotatable bonds is 19. The lowest BCUT2D eigenvalue weighted by Gasteiger charge is -2.40. The van der Waals surface area contributed by atoms with Gasteiger partial charge in [-0.3, -0.25) is 14.5 Å². The first-order valence-corrected chi connectivity index (χ1v) is 13.5. The number of carbonyl (C=O) groups is 2. The van der Waals surface area contributed by atoms with Gasteiger partial charge in [0.25, 0.3) is 0 Å². The summed E-state index contributed by atoms with van der Waals surface area (Å²) < 4.78 is 16.7. The van der Waals surface area contributed by atoms with Crippen LogP contribution in [0.4, 0.5) is 0 Å². The van der Waals surface area contributed by atoms with Crippen molar-refractivity contribution in [1.29, 1.82) is 0 Å². The third-order valence-corrected chi connectivity index (χ3v) is 7.15. The van der Waals surface area contributed by atoms with Gasteiger partial charge in [-0.2, -0.15) is 0 Å². The minimum absolute atomic E-state index is 0.236. The fraction of sp³-hybridized carbons (Fsp3) is 0.926. The number of esters is 2. The van der Waals surface area contributed by atoms with Gasteiger partial charge in [0.1, 0.15) is 11.1 Å². The molecule has 0 aromatic heterocycles. The predicted molar refractivity (Wildman–Crippen MR) is 133 cm³/mol. The normalized spacial score (nSPS) is 23.1. The quantitative estimate of drug-likeness (QED) is 0.169. The van der Waals surface area contributed by atoms with Gasteiger partial charge in [-0.1, -0.05) is 78.1 Å². The van der Waals surface area contributed by atoms with Crippen LogP contribution in [-0.4, -0.2) is 61.4 Å². The number of unbranched alkanes of at least 4 members (excludes halogenated alkanes) is 10. The second-order valence-corrected chi connectivity index (χ2v) is 10.00. The second kappa shape index (κ2) is 16.5. The molecule has 0 saturated carbocycles. The molecule has 6 heteroatoms. The van der Waals surface area contributed by atoms with Crippen molar-refractivity contribution in [1.82, 2.24) is 4.90 Å². The zero-order chi connectivity index (χ0) is 24.6. The highest BCUT2D eigenvalue weighted by molar-refractivity contribution is 5.86. The van der Waals surface area contributed by atoms with Crippen molar-refractivity contribution >= 4 is 11.9 Å². The average Bonchev–Trinajstić information content (AvgIpc) is 3.08. The van der Waals surface area contributed by atoms with Crippen molar-refractivity contribution in [3.8, 4) is 0 Å². The lowest BCUT2D eigenvalue weighted by atomic mass is 9.98. The number of likely N-dealkylation sites (tertiary alicyclic amines) is 1. The maximum absolute atomic E-state index is 13.1. The van der Waals surface area contributed by atoms with E-state index in [0.29, 0.717) is 39.2 Å². The highest BCUT2D eigenvalue weighted by atomic mass is 16.5. The van der Waals surface area contributed by atoms with Crippen molar-refractivity contribution in [2.45, 2.75) is 129 Å². The van der Waals surface area contributed by atoms with Crippen LogP contribution in [0.25, 0.3) is 0 Å². The zero-order valence-corrected chi connectivity index (χ0v) is 22.2. The summed E-state index contributed by atoms with van der Waals surface area (Å²) in [6.07, 6.45) is 14.9. The topological polar surface area (TPSA) is 65.1 Å². The maximum atomic E-state index is 13.1. The minimum atomic E-state index is -0.839. The molecule has 1 rings (SSSR count). The molecule has 6 nitrogen and oxygen atoms in total. The predicted octanol–water partition coefficient (Wildman–Crippen LogP) is 6.05. The molecule has 2 atom stereocenters. The highest BCUT2D eigenvalue weighted by Crippen LogP contribution is 2.42. The Balaban J connectivity index is 2.61. The number of methoxy groups -OCH3 is 1. The SMILES string of the molecule is CCCCCCCCOC(=O)C1(C)CCC(C)(C(=O)OCCCCCCCC)N1CCOC. The summed E-state index contributed by atoms with van der Waals surface area (Å²) in [6.45, 7) is 10.0. The van der Waals surface area contributed by atoms with E-state index in [0.717, 1.165) is 25.7 Å². The number of hydrogen-bond acceptors (Lipinski definition) is 6. The molecule has 0 N–H and O–H groups in total. The maximum Gasteiger partial charge on any atom is 0.326 e. The lowest BCUT2D eigenvalue weighted by molar-refractivity contribution is -0.166. The summed E-state index contributed by atoms with van der Waals surface area (Å²) >= 11 is 0. The van der Waals surface area contributed by atoms with Gasteiger partial charge in [0.05, 0.1) is 19.8 Å². The largest absolute Gasteiger partial charge is 0.464 e. The monoisotopic (exact) mass is 469 g/mol. The van der Waals surface area contributed by atoms with Crippen molar-refractivity contribution < 1.29 is 23.8 Å². The van der Waals surface area contributed by atoms with Crippen LogP contribution in [0.3, 0.4) is 0 Å². The van der Waals surface area contributed by atoms with E-state index in [1.165, 1.54) is 51.4 Å². The summed E-state index contributed by atoms with van der Waals surface area (Å²) in [5.41, 5.74) is -1.68. The van der Waals surface area contributed by atoms with Crippen LogP contribution in [0.2, 0.25) is 0 Å². The first-order chi connectivity index (χ1) is 15.9. The Morgan fingerprint density at radius 3 is 1.45 bits per heavy atom. The van der Waals surface area contributed by atoms with E-state index in [1.807, 2.05) is 18.7 Å². The van der Waals surface area contributed by atoms with Crippen molar-refractivity contribution in [2.24, 2.45) is 0 Å². The molecule has 0 aliphatic carbocycles. The zero-order valence-electron chi connectivity index (χ0n) is 22.2. The van der Waals surface area contributed by atoms with Crippen LogP contribution < -0.4 is 0 Å². The van der Waals surface area contributed by atoms with Gasteiger partial charge < -0.3 is 14.2 Å². The van der Waals surface area contributed by atoms with Gasteiger partial charge in [-0.15, -0.1) is 0 Å². The summed E-state index contributed by atoms with van der Waals surface area (Å²) in [4.78, 5) is 28.2. The Hall–Kier alpha value is -1.14. The molecular formula is C27H51NO5. The molecule has 1 aliphatic rings. The van der Waals surface area contributed by atoms with E-state index >= 15 is 0 Å². The molecule has 0 radical (unpaired) electrons. The standard InChI is InChI=1S/C27H51NO5/c1-6-8-10-12-14-16-21-32-24(29)26(3)18-19-27(4,28(26)20-23-31-5)25(30)33-22-17-15-13-11-9-7-2/h6-23H2,1-5H3. The third-order valence-electron chi connectivity index (χ3n) is 7.15. The molecule has 2 unspecified atom stereocenters. The first kappa shape index (κ1) is 29.9. The van der Waals surface area contributed by atoms with Crippen molar-refractivity contribution in [3.05, 3.63) is 0 Å². The first-order valence-electron chi connectivity index (χ1n) is 13.5. The molecule has 1 fully saturated rings. The van der Waals surface area contributed by atoms with E-state index in [1.54, 1.807) is 7.11 Å². The van der Waals surface area contributed by atoms with Crippen LogP contribution >= 0.6 is 0 Å². The smallest absolute Gasteiger partial charge is 0.326 e. The summed E-state index contributed by atoms with van der Waals surface area (Å²) in [5.74, 6) is -0.473. The van der Waals surface area contributed by atoms with Gasteiger partial charge >= 0.3 is 11.9 Å². The van der Waals surface area contributed by atoms with Gasteiger partial charge in [0.15, 0.2) is 0 Å². The van der Waals surface area contributed by atoms with Crippen LogP contribution in [-0.2, 0) is 23.8 Å². The number of ether oxygens (including phenoxy) is 3. The van der Waals surface area contributed by atoms with E-state index in [-0.39, 0.29) is 11.9 Å². The summed E-state index contributed by atoms with van der Waals surface area (Å²) in [7, 11) is 1.64. The molecule has 33 heavy (non-hydrogen) atoms. The molecule has 1 heterocycles. The van der Waals surface area contributed by atoms with E-state index in [4.69, 9.17) is 14.2 Å². The Morgan fingerprint density at radius 2 is 1.06 bits per heavy atom. The number of nitrogens with zero attached hydrogens (tertiary/aromatic N) is 1. The minimum Gasteiger partial charge on any atom is -0.464 e. The molecule has 0 aromatic rings. The second-order valence-electron chi connectivity index (χ2n) is 10.00. The van der Waals surface area contributed by atoms with Gasteiger partial charge in [-0.25, -0.2) is 0 Å². The molecule has 0 spiro atoms. The van der Waals surface area contributed by atoms with Crippen LogP contribution in [0, 0.1) is 0 Å². The molecule has 0 aromatic carbocycles. The van der Waals surface area contributed by atoms with Crippen molar-refractivity contribution in [2.75, 3.05) is 33.5 Å². The Morgan fingerprint density at radius 1 is 0.667 bits per heavy atom. The lowest BCUT2D eigenvalue weighted by Crippen LogP contribution is -2.60. The highest BCUT2D eigenvalue weighted by Gasteiger charge is 2.58. The van der Waals surface area contributed by atoms with Crippen LogP contribution in [0.15, 0.2) is 0 Å². The Kier molecular flexibility index (Phi) is 14.9. The molecule has 0 amide bonds. The van der Waals surface area contributed by atoms with E-state index in [9.17, 15) is 9.59 Å². The van der Waals surface area contributed by atoms with Gasteiger partial charge in [-0.05, 0) is 39.5 Å². The average molecular weight is 470 g/mol. The fourth-order valence-corrected chi connectivity index (χ4v) is 4.81. The molecular weight excluding hydrogens is 418 g/mol. The number of hydrogen-bond donors (Lipinski definition) is 0. The van der Waals surface area contributed by atoms with Gasteiger partial charge in [0.2, 0.25) is 0 Å². The van der Waals surface area contributed by atoms with Crippen molar-refractivity contribution in [3.63, 3.8) is 0 Å². The molecule has 1 saturated heterocycles. The van der Waals surface area contributed by atoms with Crippen LogP contribution in [0.5, 0.6) is 0 Å². The Labute approximate surface area is 203 Å². The third kappa shape index (κ3) is 9.56. The van der Waals surface area contributed by atoms with E-state index < -0.39 is 11.1 Å². The molecule has 1 aliphatic heterocycles. The molecule has 194 valence electrons. The summed E-state index contributed by atoms with van der Waals surface area (Å²) in [6, 6.07) is 0. The van der Waals surface area contributed by atoms with Gasteiger partial charge in [0, 0.05) is 13.7 Å². The van der Waals surface area contributed by atoms with E-state index in [2.05, 4.69) is 13.8 Å². The number of carbonyl (C=O) groups excluding carboxylic acids is 2. The fourth-order valence-electron chi connectivity index (χ4n) is 4.81. The Bertz CT molecular complexity index is 511. The van der Waals surface area contributed by atoms with Crippen LogP contribution in [0.1, 0.15) is 118 Å².